The first-order valence-electron chi connectivity index (χ1n) is 12.9. The molecule has 4 aromatic rings. The highest BCUT2D eigenvalue weighted by molar-refractivity contribution is 7.21. The van der Waals surface area contributed by atoms with Crippen LogP contribution in [-0.2, 0) is 4.74 Å². The van der Waals surface area contributed by atoms with E-state index < -0.39 is 11.9 Å². The summed E-state index contributed by atoms with van der Waals surface area (Å²) < 4.78 is 19.2. The molecule has 6 rings (SSSR count). The number of amides is 3. The minimum absolute atomic E-state index is 0.297. The third-order valence-corrected chi connectivity index (χ3v) is 7.90. The van der Waals surface area contributed by atoms with Crippen molar-refractivity contribution in [3.63, 3.8) is 0 Å². The van der Waals surface area contributed by atoms with Gasteiger partial charge in [-0.1, -0.05) is 0 Å². The van der Waals surface area contributed by atoms with Crippen molar-refractivity contribution in [3.8, 4) is 0 Å². The lowest BCUT2D eigenvalue weighted by molar-refractivity contribution is 0.0378. The number of ether oxygens (including phenoxy) is 1. The van der Waals surface area contributed by atoms with Crippen LogP contribution in [0.3, 0.4) is 0 Å². The van der Waals surface area contributed by atoms with Gasteiger partial charge < -0.3 is 20.7 Å². The number of aryl methyl sites for hydroxylation is 1. The Bertz CT molecular complexity index is 1570. The number of nitrogens with zero attached hydrogens (tertiary/aromatic N) is 5. The van der Waals surface area contributed by atoms with Gasteiger partial charge in [0.1, 0.15) is 27.7 Å². The summed E-state index contributed by atoms with van der Waals surface area (Å²) in [4.78, 5) is 44.1. The molecule has 1 aromatic carbocycles. The van der Waals surface area contributed by atoms with Crippen LogP contribution in [0.15, 0.2) is 42.9 Å². The Morgan fingerprint density at radius 2 is 2.02 bits per heavy atom. The molecule has 13 heteroatoms. The molecule has 0 unspecified atom stereocenters. The molecule has 40 heavy (non-hydrogen) atoms. The Labute approximate surface area is 233 Å². The van der Waals surface area contributed by atoms with E-state index in [-0.39, 0.29) is 5.82 Å². The normalized spacial score (nSPS) is 15.2. The zero-order valence-electron chi connectivity index (χ0n) is 21.7. The Kier molecular flexibility index (Phi) is 7.24. The first kappa shape index (κ1) is 26.0. The molecule has 3 aromatic heterocycles. The van der Waals surface area contributed by atoms with Crippen LogP contribution in [0.25, 0.3) is 10.2 Å². The predicted molar refractivity (Wildman–Crippen MR) is 152 cm³/mol. The van der Waals surface area contributed by atoms with Gasteiger partial charge in [0.05, 0.1) is 41.9 Å². The zero-order valence-corrected chi connectivity index (χ0v) is 22.6. The molecule has 0 atom stereocenters. The summed E-state index contributed by atoms with van der Waals surface area (Å²) in [5, 5.41) is 9.52. The van der Waals surface area contributed by atoms with Crippen LogP contribution in [0, 0.1) is 12.7 Å². The van der Waals surface area contributed by atoms with Gasteiger partial charge in [-0.3, -0.25) is 9.69 Å². The smallest absolute Gasteiger partial charge is 0.332 e. The molecule has 0 bridgehead atoms. The minimum atomic E-state index is -0.503. The highest BCUT2D eigenvalue weighted by atomic mass is 32.1. The van der Waals surface area contributed by atoms with E-state index >= 15 is 0 Å². The molecule has 3 N–H and O–H groups in total. The standard InChI is InChI=1S/C27H27FN8O3S/c1-16-13-18(4-5-19(16)28)36-24-21-22(34-27(36)38)23(40-26(21)32-15-31-24)25(37)33-17-3-6-20(30-14-17)29-7-2-8-35-9-11-39-12-10-35/h3-6,13-15H,2,7-12H2,1H3,(H,29,30)(H,33,37)(H,34,38). The number of benzene rings is 1. The van der Waals surface area contributed by atoms with E-state index in [2.05, 4.69) is 35.8 Å². The second kappa shape index (κ2) is 11.1. The molecule has 3 amide bonds. The number of hydrogen-bond acceptors (Lipinski definition) is 9. The van der Waals surface area contributed by atoms with Crippen molar-refractivity contribution in [2.24, 2.45) is 0 Å². The van der Waals surface area contributed by atoms with Gasteiger partial charge in [0, 0.05) is 19.6 Å². The number of anilines is 5. The molecule has 0 spiro atoms. The van der Waals surface area contributed by atoms with Crippen molar-refractivity contribution in [2.45, 2.75) is 13.3 Å². The molecular weight excluding hydrogens is 535 g/mol. The van der Waals surface area contributed by atoms with E-state index in [4.69, 9.17) is 4.74 Å². The van der Waals surface area contributed by atoms with Gasteiger partial charge in [-0.15, -0.1) is 11.3 Å². The number of carbonyl (C=O) groups excluding carboxylic acids is 2. The average Bonchev–Trinajstić information content (AvgIpc) is 3.34. The molecular formula is C27H27FN8O3S. The van der Waals surface area contributed by atoms with Crippen LogP contribution >= 0.6 is 11.3 Å². The lowest BCUT2D eigenvalue weighted by atomic mass is 10.1. The highest BCUT2D eigenvalue weighted by Crippen LogP contribution is 2.44. The zero-order chi connectivity index (χ0) is 27.6. The number of halogens is 1. The summed E-state index contributed by atoms with van der Waals surface area (Å²) in [6.07, 6.45) is 3.92. The maximum Gasteiger partial charge on any atom is 0.332 e. The fourth-order valence-corrected chi connectivity index (χ4v) is 5.72. The largest absolute Gasteiger partial charge is 0.379 e. The van der Waals surface area contributed by atoms with Crippen LogP contribution in [-0.4, -0.2) is 71.2 Å². The van der Waals surface area contributed by atoms with Crippen molar-refractivity contribution in [3.05, 3.63) is 59.1 Å². The predicted octanol–water partition coefficient (Wildman–Crippen LogP) is 4.60. The van der Waals surface area contributed by atoms with Crippen LogP contribution < -0.4 is 20.9 Å². The topological polar surface area (TPSA) is 125 Å². The Morgan fingerprint density at radius 3 is 2.80 bits per heavy atom. The number of carbonyl (C=O) groups is 2. The summed E-state index contributed by atoms with van der Waals surface area (Å²) >= 11 is 1.15. The van der Waals surface area contributed by atoms with Gasteiger partial charge >= 0.3 is 6.03 Å². The SMILES string of the molecule is Cc1cc(N2C(=O)Nc3c(C(=O)Nc4ccc(NCCCN5CCOCC5)nc4)sc4ncnc2c34)ccc1F. The summed E-state index contributed by atoms with van der Waals surface area (Å²) in [6, 6.07) is 7.47. The van der Waals surface area contributed by atoms with Gasteiger partial charge in [0.2, 0.25) is 0 Å². The average molecular weight is 563 g/mol. The van der Waals surface area contributed by atoms with Crippen molar-refractivity contribution in [1.82, 2.24) is 19.9 Å². The summed E-state index contributed by atoms with van der Waals surface area (Å²) in [7, 11) is 0. The van der Waals surface area contributed by atoms with E-state index in [0.29, 0.717) is 43.5 Å². The number of nitrogens with one attached hydrogen (secondary N) is 3. The molecule has 5 heterocycles. The lowest BCUT2D eigenvalue weighted by Gasteiger charge is -2.27. The Morgan fingerprint density at radius 1 is 1.18 bits per heavy atom. The summed E-state index contributed by atoms with van der Waals surface area (Å²) in [5.74, 6) is 0.283. The van der Waals surface area contributed by atoms with Gasteiger partial charge in [-0.25, -0.2) is 29.0 Å². The lowest BCUT2D eigenvalue weighted by Crippen LogP contribution is -2.37. The van der Waals surface area contributed by atoms with Crippen LogP contribution in [0.1, 0.15) is 21.7 Å². The summed E-state index contributed by atoms with van der Waals surface area (Å²) in [6.45, 7) is 6.94. The van der Waals surface area contributed by atoms with Gasteiger partial charge in [0.25, 0.3) is 5.91 Å². The fourth-order valence-electron chi connectivity index (χ4n) is 4.74. The molecule has 0 aliphatic carbocycles. The molecule has 0 saturated carbocycles. The number of hydrogen-bond donors (Lipinski definition) is 3. The van der Waals surface area contributed by atoms with E-state index in [1.165, 1.54) is 23.4 Å². The van der Waals surface area contributed by atoms with E-state index in [0.717, 1.165) is 63.0 Å². The number of morpholine rings is 1. The van der Waals surface area contributed by atoms with Crippen molar-refractivity contribution >= 4 is 62.2 Å². The maximum atomic E-state index is 13.9. The molecule has 2 aliphatic heterocycles. The first-order valence-corrected chi connectivity index (χ1v) is 13.8. The fraction of sp³-hybridized carbons (Fsp3) is 0.296. The van der Waals surface area contributed by atoms with Gasteiger partial charge in [-0.05, 0) is 55.8 Å². The first-order chi connectivity index (χ1) is 19.5. The third-order valence-electron chi connectivity index (χ3n) is 6.80. The molecule has 0 radical (unpaired) electrons. The van der Waals surface area contributed by atoms with E-state index in [1.54, 1.807) is 25.3 Å². The number of pyridine rings is 1. The number of aromatic nitrogens is 3. The monoisotopic (exact) mass is 562 g/mol. The summed E-state index contributed by atoms with van der Waals surface area (Å²) in [5.41, 5.74) is 1.72. The quantitative estimate of drug-likeness (QED) is 0.266. The maximum absolute atomic E-state index is 13.9. The Hall–Kier alpha value is -4.20. The van der Waals surface area contributed by atoms with E-state index in [1.807, 2.05) is 6.07 Å². The minimum Gasteiger partial charge on any atom is -0.379 e. The number of thiophene rings is 1. The highest BCUT2D eigenvalue weighted by Gasteiger charge is 2.34. The third kappa shape index (κ3) is 5.18. The van der Waals surface area contributed by atoms with Gasteiger partial charge in [-0.2, -0.15) is 0 Å². The van der Waals surface area contributed by atoms with Gasteiger partial charge in [0.15, 0.2) is 5.82 Å². The Balaban J connectivity index is 1.15. The van der Waals surface area contributed by atoms with Crippen molar-refractivity contribution in [1.29, 1.82) is 0 Å². The van der Waals surface area contributed by atoms with Crippen molar-refractivity contribution in [2.75, 3.05) is 60.2 Å². The second-order valence-electron chi connectivity index (χ2n) is 9.50. The molecule has 206 valence electrons. The molecule has 11 nitrogen and oxygen atoms in total. The number of urea groups is 1. The molecule has 1 saturated heterocycles. The number of rotatable bonds is 8. The van der Waals surface area contributed by atoms with Crippen LogP contribution in [0.2, 0.25) is 0 Å². The van der Waals surface area contributed by atoms with Crippen LogP contribution in [0.5, 0.6) is 0 Å². The van der Waals surface area contributed by atoms with Crippen LogP contribution in [0.4, 0.5) is 37.9 Å². The second-order valence-corrected chi connectivity index (χ2v) is 10.5. The molecule has 2 aliphatic rings. The van der Waals surface area contributed by atoms with E-state index in [9.17, 15) is 14.0 Å². The molecule has 1 fully saturated rings. The van der Waals surface area contributed by atoms with Crippen molar-refractivity contribution < 1.29 is 18.7 Å².